The molecule has 1 amide bonds. The van der Waals surface area contributed by atoms with Gasteiger partial charge in [-0.3, -0.25) is 4.79 Å². The maximum Gasteiger partial charge on any atom is 0.326 e. The van der Waals surface area contributed by atoms with Crippen molar-refractivity contribution in [1.29, 1.82) is 0 Å². The van der Waals surface area contributed by atoms with Crippen LogP contribution in [-0.2, 0) is 24.5 Å². The summed E-state index contributed by atoms with van der Waals surface area (Å²) in [6.07, 6.45) is -0.618. The third-order valence-corrected chi connectivity index (χ3v) is 5.36. The Morgan fingerprint density at radius 2 is 2.00 bits per heavy atom. The zero-order chi connectivity index (χ0) is 19.8. The number of phenols is 1. The Balaban J connectivity index is 2.03. The number of nitrogens with one attached hydrogen (secondary N) is 1. The van der Waals surface area contributed by atoms with E-state index in [0.717, 1.165) is 0 Å². The third kappa shape index (κ3) is 3.61. The average molecular weight is 400 g/mol. The number of nitrogens with zero attached hydrogens (tertiary/aromatic N) is 1. The van der Waals surface area contributed by atoms with Gasteiger partial charge in [-0.25, -0.2) is 13.4 Å². The number of benzene rings is 2. The first-order valence-electron chi connectivity index (χ1n) is 7.73. The monoisotopic (exact) mass is 400 g/mol. The highest BCUT2D eigenvalue weighted by Crippen LogP contribution is 2.39. The first-order chi connectivity index (χ1) is 12.8. The molecule has 0 saturated carbocycles. The minimum Gasteiger partial charge on any atom is -0.506 e. The van der Waals surface area contributed by atoms with Gasteiger partial charge >= 0.3 is 10.2 Å². The van der Waals surface area contributed by atoms with Crippen molar-refractivity contribution in [3.05, 3.63) is 30.1 Å². The van der Waals surface area contributed by atoms with Gasteiger partial charge in [0.2, 0.25) is 0 Å². The van der Waals surface area contributed by atoms with E-state index in [0.29, 0.717) is 9.69 Å². The summed E-state index contributed by atoms with van der Waals surface area (Å²) >= 11 is 0. The fourth-order valence-electron chi connectivity index (χ4n) is 2.68. The summed E-state index contributed by atoms with van der Waals surface area (Å²) in [5, 5.41) is 10.5. The lowest BCUT2D eigenvalue weighted by Crippen LogP contribution is -2.30. The fourth-order valence-corrected chi connectivity index (χ4v) is 3.84. The molecule has 2 aromatic carbocycles. The Kier molecular flexibility index (Phi) is 5.09. The van der Waals surface area contributed by atoms with Crippen LogP contribution in [0.25, 0.3) is 10.8 Å². The van der Waals surface area contributed by atoms with Crippen LogP contribution in [0.4, 0.5) is 10.1 Å². The van der Waals surface area contributed by atoms with Crippen LogP contribution < -0.4 is 13.8 Å². The van der Waals surface area contributed by atoms with Crippen LogP contribution in [-0.4, -0.2) is 53.1 Å². The molecule has 1 fully saturated rings. The van der Waals surface area contributed by atoms with Crippen molar-refractivity contribution >= 4 is 32.6 Å². The van der Waals surface area contributed by atoms with Crippen LogP contribution in [0.5, 0.6) is 11.5 Å². The van der Waals surface area contributed by atoms with Gasteiger partial charge in [-0.05, 0) is 23.6 Å². The van der Waals surface area contributed by atoms with Gasteiger partial charge in [-0.1, -0.05) is 6.07 Å². The number of hydrogen-bond acceptors (Lipinski definition) is 7. The number of carbonyl (C=O) groups excluding carboxylic acids is 1. The summed E-state index contributed by atoms with van der Waals surface area (Å²) in [4.78, 5) is 11.4. The van der Waals surface area contributed by atoms with Crippen LogP contribution in [0.3, 0.4) is 0 Å². The summed E-state index contributed by atoms with van der Waals surface area (Å²) in [7, 11) is -1.39. The van der Waals surface area contributed by atoms with Crippen molar-refractivity contribution in [3.8, 4) is 11.5 Å². The van der Waals surface area contributed by atoms with Gasteiger partial charge in [0.25, 0.3) is 5.91 Å². The number of rotatable bonds is 6. The number of hydrogen-bond donors (Lipinski definition) is 2. The molecular formula is C16H17FN2O7S. The third-order valence-electron chi connectivity index (χ3n) is 3.99. The quantitative estimate of drug-likeness (QED) is 0.692. The summed E-state index contributed by atoms with van der Waals surface area (Å²) in [5.74, 6) is -2.13. The Morgan fingerprint density at radius 1 is 1.30 bits per heavy atom. The molecule has 2 aromatic rings. The van der Waals surface area contributed by atoms with Gasteiger partial charge in [-0.15, -0.1) is 0 Å². The van der Waals surface area contributed by atoms with Gasteiger partial charge in [-0.2, -0.15) is 8.42 Å². The van der Waals surface area contributed by atoms with E-state index in [1.54, 1.807) is 10.8 Å². The lowest BCUT2D eigenvalue weighted by molar-refractivity contribution is -0.121. The van der Waals surface area contributed by atoms with E-state index in [4.69, 9.17) is 14.2 Å². The molecule has 3 rings (SSSR count). The van der Waals surface area contributed by atoms with Crippen molar-refractivity contribution in [2.45, 2.75) is 6.29 Å². The fraction of sp³-hybridized carbons (Fsp3) is 0.312. The van der Waals surface area contributed by atoms with Crippen molar-refractivity contribution in [2.24, 2.45) is 0 Å². The Bertz CT molecular complexity index is 992. The van der Waals surface area contributed by atoms with Crippen molar-refractivity contribution in [3.63, 3.8) is 0 Å². The first-order valence-corrected chi connectivity index (χ1v) is 9.17. The number of halogens is 1. The van der Waals surface area contributed by atoms with Gasteiger partial charge in [0.15, 0.2) is 12.1 Å². The molecular weight excluding hydrogens is 383 g/mol. The van der Waals surface area contributed by atoms with E-state index in [2.05, 4.69) is 0 Å². The predicted molar refractivity (Wildman–Crippen MR) is 93.3 cm³/mol. The van der Waals surface area contributed by atoms with Gasteiger partial charge < -0.3 is 19.3 Å². The van der Waals surface area contributed by atoms with Crippen LogP contribution in [0.2, 0.25) is 0 Å². The number of amides is 1. The molecule has 1 saturated heterocycles. The van der Waals surface area contributed by atoms with Crippen LogP contribution in [0.1, 0.15) is 0 Å². The molecule has 9 nitrogen and oxygen atoms in total. The van der Waals surface area contributed by atoms with Crippen LogP contribution in [0, 0.1) is 5.82 Å². The smallest absolute Gasteiger partial charge is 0.326 e. The molecule has 1 aliphatic heterocycles. The molecule has 11 heteroatoms. The van der Waals surface area contributed by atoms with Crippen molar-refractivity contribution in [1.82, 2.24) is 4.72 Å². The number of anilines is 1. The molecule has 1 aliphatic rings. The normalized spacial score (nSPS) is 16.1. The van der Waals surface area contributed by atoms with E-state index in [-0.39, 0.29) is 17.7 Å². The largest absolute Gasteiger partial charge is 0.506 e. The molecule has 0 atom stereocenters. The minimum absolute atomic E-state index is 0.0150. The van der Waals surface area contributed by atoms with Crippen LogP contribution in [0.15, 0.2) is 24.3 Å². The lowest BCUT2D eigenvalue weighted by Gasteiger charge is -2.19. The molecule has 0 unspecified atom stereocenters. The zero-order valence-corrected chi connectivity index (χ0v) is 15.2. The minimum atomic E-state index is -4.27. The number of ether oxygens (including phenoxy) is 3. The second-order valence-electron chi connectivity index (χ2n) is 5.69. The lowest BCUT2D eigenvalue weighted by atomic mass is 10.1. The highest BCUT2D eigenvalue weighted by molar-refractivity contribution is 7.92. The van der Waals surface area contributed by atoms with Crippen molar-refractivity contribution < 1.29 is 36.9 Å². The molecule has 0 aliphatic carbocycles. The molecule has 0 radical (unpaired) electrons. The summed E-state index contributed by atoms with van der Waals surface area (Å²) in [5.41, 5.74) is -0.607. The zero-order valence-electron chi connectivity index (χ0n) is 14.4. The Morgan fingerprint density at radius 3 is 2.59 bits per heavy atom. The number of carbonyl (C=O) groups is 1. The second kappa shape index (κ2) is 7.18. The van der Waals surface area contributed by atoms with Gasteiger partial charge in [0, 0.05) is 19.6 Å². The van der Waals surface area contributed by atoms with E-state index in [1.165, 1.54) is 32.4 Å². The molecule has 1 heterocycles. The number of fused-ring (bicyclic) bond motifs is 1. The van der Waals surface area contributed by atoms with Gasteiger partial charge in [0.05, 0.1) is 0 Å². The summed E-state index contributed by atoms with van der Waals surface area (Å²) in [6, 6.07) is 5.63. The maximum atomic E-state index is 15.1. The highest BCUT2D eigenvalue weighted by Gasteiger charge is 2.37. The predicted octanol–water partition coefficient (Wildman–Crippen LogP) is 0.863. The molecule has 0 spiro atoms. The van der Waals surface area contributed by atoms with Gasteiger partial charge in [0.1, 0.15) is 30.3 Å². The molecule has 27 heavy (non-hydrogen) atoms. The number of methoxy groups -OCH3 is 2. The van der Waals surface area contributed by atoms with E-state index >= 15 is 4.39 Å². The Hall–Kier alpha value is -2.63. The first kappa shape index (κ1) is 19.1. The van der Waals surface area contributed by atoms with Crippen LogP contribution >= 0.6 is 0 Å². The van der Waals surface area contributed by atoms with Crippen molar-refractivity contribution in [2.75, 3.05) is 31.7 Å². The molecule has 146 valence electrons. The van der Waals surface area contributed by atoms with E-state index in [9.17, 15) is 18.3 Å². The topological polar surface area (TPSA) is 114 Å². The second-order valence-corrected chi connectivity index (χ2v) is 7.29. The summed E-state index contributed by atoms with van der Waals surface area (Å²) < 4.78 is 56.7. The number of aromatic hydroxyl groups is 1. The summed E-state index contributed by atoms with van der Waals surface area (Å²) in [6.45, 7) is -0.581. The molecule has 0 bridgehead atoms. The standard InChI is InChI=1S/C16H17FN2O7S/c1-24-14(25-2)8-26-10-4-3-9-5-12(20)16(15(17)11(9)6-10)19-7-13(21)18-27(19,22)23/h3-6,14,20H,7-8H2,1-2H3,(H,18,21). The molecule has 0 aromatic heterocycles. The number of phenolic OH excluding ortho intramolecular Hbond substituents is 1. The average Bonchev–Trinajstić information content (AvgIpc) is 2.88. The van der Waals surface area contributed by atoms with E-state index < -0.39 is 46.2 Å². The Labute approximate surface area is 154 Å². The highest BCUT2D eigenvalue weighted by atomic mass is 32.2. The maximum absolute atomic E-state index is 15.1. The molecule has 2 N–H and O–H groups in total. The van der Waals surface area contributed by atoms with E-state index in [1.807, 2.05) is 0 Å². The SMILES string of the molecule is COC(COc1ccc2cc(O)c(N3CC(=O)NS3(=O)=O)c(F)c2c1)OC.